The summed E-state index contributed by atoms with van der Waals surface area (Å²) in [6.07, 6.45) is 0. The van der Waals surface area contributed by atoms with Crippen molar-refractivity contribution < 1.29 is 14.6 Å². The number of aromatic nitrogens is 2. The van der Waals surface area contributed by atoms with E-state index < -0.39 is 0 Å². The molecule has 0 atom stereocenters. The number of rotatable bonds is 7. The monoisotopic (exact) mass is 396 g/mol. The second-order valence-electron chi connectivity index (χ2n) is 6.32. The molecule has 0 fully saturated rings. The van der Waals surface area contributed by atoms with E-state index in [4.69, 9.17) is 4.74 Å². The van der Waals surface area contributed by atoms with Gasteiger partial charge in [0.15, 0.2) is 0 Å². The van der Waals surface area contributed by atoms with E-state index in [2.05, 4.69) is 16.5 Å². The second-order valence-corrected chi connectivity index (χ2v) is 7.57. The highest BCUT2D eigenvalue weighted by atomic mass is 32.2. The third kappa shape index (κ3) is 4.13. The molecule has 3 aromatic rings. The minimum Gasteiger partial charge on any atom is -0.465 e. The molecule has 1 aromatic heterocycles. The van der Waals surface area contributed by atoms with Crippen LogP contribution in [-0.2, 0) is 17.9 Å². The van der Waals surface area contributed by atoms with Gasteiger partial charge in [-0.25, -0.2) is 9.78 Å². The highest BCUT2D eigenvalue weighted by Gasteiger charge is 2.15. The van der Waals surface area contributed by atoms with Crippen molar-refractivity contribution in [2.75, 3.05) is 12.9 Å². The smallest absolute Gasteiger partial charge is 0.338 e. The molecule has 0 aliphatic carbocycles. The Bertz CT molecular complexity index is 964. The van der Waals surface area contributed by atoms with Gasteiger partial charge in [0.1, 0.15) is 10.9 Å². The van der Waals surface area contributed by atoms with Crippen LogP contribution in [0.25, 0.3) is 11.1 Å². The maximum atomic E-state index is 12.0. The lowest BCUT2D eigenvalue weighted by molar-refractivity contribution is 0.0601. The lowest BCUT2D eigenvalue weighted by Crippen LogP contribution is -2.07. The molecule has 0 aliphatic rings. The average molecular weight is 397 g/mol. The van der Waals surface area contributed by atoms with Crippen LogP contribution in [0.1, 0.15) is 34.4 Å². The molecule has 5 nitrogen and oxygen atoms in total. The van der Waals surface area contributed by atoms with Crippen LogP contribution in [0.15, 0.2) is 53.6 Å². The number of aryl methyl sites for hydroxylation is 1. The van der Waals surface area contributed by atoms with Crippen molar-refractivity contribution in [1.29, 1.82) is 0 Å². The molecule has 146 valence electrons. The molecule has 1 N–H and O–H groups in total. The van der Waals surface area contributed by atoms with Crippen LogP contribution in [-0.4, -0.2) is 33.5 Å². The number of hydrogen-bond acceptors (Lipinski definition) is 5. The van der Waals surface area contributed by atoms with Crippen LogP contribution in [0.4, 0.5) is 0 Å². The van der Waals surface area contributed by atoms with Gasteiger partial charge in [-0.2, -0.15) is 0 Å². The number of aliphatic hydroxyl groups excluding tert-OH is 1. The first kappa shape index (κ1) is 20.2. The van der Waals surface area contributed by atoms with Crippen LogP contribution in [0.2, 0.25) is 0 Å². The fraction of sp³-hybridized carbons (Fsp3) is 0.273. The molecule has 0 amide bonds. The van der Waals surface area contributed by atoms with Crippen LogP contribution >= 0.6 is 11.8 Å². The normalized spacial score (nSPS) is 10.9. The molecule has 28 heavy (non-hydrogen) atoms. The number of aliphatic hydroxyl groups is 1. The van der Waals surface area contributed by atoms with Gasteiger partial charge in [-0.1, -0.05) is 49.4 Å². The average Bonchev–Trinajstić information content (AvgIpc) is 3.02. The Morgan fingerprint density at radius 3 is 2.54 bits per heavy atom. The molecule has 1 heterocycles. The van der Waals surface area contributed by atoms with E-state index in [1.807, 2.05) is 49.4 Å². The lowest BCUT2D eigenvalue weighted by Gasteiger charge is -2.12. The first-order valence-corrected chi connectivity index (χ1v) is 10.1. The molecule has 2 aromatic carbocycles. The number of esters is 1. The van der Waals surface area contributed by atoms with E-state index in [1.165, 1.54) is 7.11 Å². The number of benzene rings is 2. The lowest BCUT2D eigenvalue weighted by atomic mass is 9.98. The number of carbonyl (C=O) groups is 1. The van der Waals surface area contributed by atoms with Crippen molar-refractivity contribution in [2.45, 2.75) is 32.0 Å². The molecular formula is C22H24N2O3S. The largest absolute Gasteiger partial charge is 0.465 e. The summed E-state index contributed by atoms with van der Waals surface area (Å²) in [5.74, 6) is 1.46. The van der Waals surface area contributed by atoms with Crippen molar-refractivity contribution in [3.05, 3.63) is 71.2 Å². The van der Waals surface area contributed by atoms with Crippen molar-refractivity contribution in [3.63, 3.8) is 0 Å². The quantitative estimate of drug-likeness (QED) is 0.477. The van der Waals surface area contributed by atoms with E-state index in [0.29, 0.717) is 12.1 Å². The molecule has 0 saturated carbocycles. The van der Waals surface area contributed by atoms with Crippen LogP contribution in [0.5, 0.6) is 0 Å². The van der Waals surface area contributed by atoms with Crippen molar-refractivity contribution in [3.8, 4) is 11.1 Å². The van der Waals surface area contributed by atoms with Gasteiger partial charge in [-0.05, 0) is 35.4 Å². The van der Waals surface area contributed by atoms with Crippen molar-refractivity contribution in [1.82, 2.24) is 9.55 Å². The zero-order valence-corrected chi connectivity index (χ0v) is 17.1. The number of thioether (sulfide) groups is 1. The zero-order chi connectivity index (χ0) is 20.1. The Labute approximate surface area is 169 Å². The van der Waals surface area contributed by atoms with Crippen LogP contribution in [0.3, 0.4) is 0 Å². The number of methoxy groups -OCH3 is 1. The molecule has 0 aliphatic heterocycles. The van der Waals surface area contributed by atoms with Gasteiger partial charge >= 0.3 is 5.97 Å². The Morgan fingerprint density at radius 1 is 1.18 bits per heavy atom. The summed E-state index contributed by atoms with van der Waals surface area (Å²) in [6.45, 7) is 4.64. The maximum Gasteiger partial charge on any atom is 0.338 e. The number of nitrogens with zero attached hydrogens (tertiary/aromatic N) is 2. The number of carbonyl (C=O) groups excluding carboxylic acids is 1. The van der Waals surface area contributed by atoms with E-state index in [0.717, 1.165) is 39.0 Å². The Hall–Kier alpha value is -2.57. The van der Waals surface area contributed by atoms with E-state index >= 15 is 0 Å². The molecule has 0 spiro atoms. The summed E-state index contributed by atoms with van der Waals surface area (Å²) in [6, 6.07) is 15.5. The second kappa shape index (κ2) is 9.08. The first-order valence-electron chi connectivity index (χ1n) is 9.15. The summed E-state index contributed by atoms with van der Waals surface area (Å²) in [5.41, 5.74) is 4.30. The predicted molar refractivity (Wildman–Crippen MR) is 112 cm³/mol. The number of hydrogen-bond donors (Lipinski definition) is 1. The van der Waals surface area contributed by atoms with Gasteiger partial charge in [0, 0.05) is 6.54 Å². The zero-order valence-electron chi connectivity index (χ0n) is 16.3. The summed E-state index contributed by atoms with van der Waals surface area (Å²) in [4.78, 5) is 16.6. The Morgan fingerprint density at radius 2 is 1.89 bits per heavy atom. The maximum absolute atomic E-state index is 12.0. The Kier molecular flexibility index (Phi) is 6.54. The fourth-order valence-electron chi connectivity index (χ4n) is 3.19. The van der Waals surface area contributed by atoms with Crippen molar-refractivity contribution >= 4 is 17.7 Å². The van der Waals surface area contributed by atoms with Gasteiger partial charge in [-0.3, -0.25) is 0 Å². The van der Waals surface area contributed by atoms with E-state index in [9.17, 15) is 9.90 Å². The fourth-order valence-corrected chi connectivity index (χ4v) is 4.00. The van der Waals surface area contributed by atoms with Gasteiger partial charge < -0.3 is 14.4 Å². The minimum atomic E-state index is -0.345. The standard InChI is InChI=1S/C22H24N2O3S/c1-4-28-21-20(14-25)24(15(2)23-21)13-16-9-11-17(12-10-16)18-7-5-6-8-19(18)22(26)27-3/h5-12,25H,4,13-14H2,1-3H3. The van der Waals surface area contributed by atoms with E-state index in [-0.39, 0.29) is 12.6 Å². The minimum absolute atomic E-state index is 0.0340. The number of ether oxygens (including phenoxy) is 1. The summed E-state index contributed by atoms with van der Waals surface area (Å²) >= 11 is 1.64. The van der Waals surface area contributed by atoms with Gasteiger partial charge in [0.2, 0.25) is 0 Å². The molecular weight excluding hydrogens is 372 g/mol. The molecule has 0 unspecified atom stereocenters. The van der Waals surface area contributed by atoms with Gasteiger partial charge in [0.05, 0.1) is 25.0 Å². The third-order valence-electron chi connectivity index (χ3n) is 4.60. The highest BCUT2D eigenvalue weighted by molar-refractivity contribution is 7.99. The molecule has 0 radical (unpaired) electrons. The molecule has 6 heteroatoms. The van der Waals surface area contributed by atoms with Crippen molar-refractivity contribution in [2.24, 2.45) is 0 Å². The van der Waals surface area contributed by atoms with Crippen LogP contribution < -0.4 is 0 Å². The predicted octanol–water partition coefficient (Wildman–Crippen LogP) is 4.30. The number of imidazole rings is 1. The SMILES string of the molecule is CCSc1nc(C)n(Cc2ccc(-c3ccccc3C(=O)OC)cc2)c1CO. The molecule has 0 saturated heterocycles. The topological polar surface area (TPSA) is 64.4 Å². The molecule has 0 bridgehead atoms. The first-order chi connectivity index (χ1) is 13.6. The van der Waals surface area contributed by atoms with E-state index in [1.54, 1.807) is 17.8 Å². The van der Waals surface area contributed by atoms with Crippen LogP contribution in [0, 0.1) is 6.92 Å². The summed E-state index contributed by atoms with van der Waals surface area (Å²) < 4.78 is 6.94. The van der Waals surface area contributed by atoms with Gasteiger partial charge in [0.25, 0.3) is 0 Å². The third-order valence-corrected chi connectivity index (χ3v) is 5.48. The Balaban J connectivity index is 1.88. The van der Waals surface area contributed by atoms with Gasteiger partial charge in [-0.15, -0.1) is 11.8 Å². The summed E-state index contributed by atoms with van der Waals surface area (Å²) in [5, 5.41) is 10.7. The highest BCUT2D eigenvalue weighted by Crippen LogP contribution is 2.27. The molecule has 3 rings (SSSR count). The summed E-state index contributed by atoms with van der Waals surface area (Å²) in [7, 11) is 1.39.